The van der Waals surface area contributed by atoms with Crippen LogP contribution in [0, 0.1) is 0 Å². The number of nitrogens with one attached hydrogen (secondary N) is 2. The topological polar surface area (TPSA) is 201 Å². The summed E-state index contributed by atoms with van der Waals surface area (Å²) in [5, 5.41) is 17.4. The molecule has 18 heteroatoms. The van der Waals surface area contributed by atoms with Crippen LogP contribution >= 0.6 is 35.0 Å². The number of methoxy groups -OCH3 is 1. The number of β-lactam (4-membered cyclic amide) rings is 1. The van der Waals surface area contributed by atoms with Gasteiger partial charge in [0.2, 0.25) is 5.84 Å². The van der Waals surface area contributed by atoms with Gasteiger partial charge in [0.1, 0.15) is 29.9 Å². The van der Waals surface area contributed by atoms with Crippen LogP contribution < -0.4 is 16.5 Å². The highest BCUT2D eigenvalue weighted by atomic mass is 32.2. The number of anilines is 1. The molecule has 5 rings (SSSR count). The molecule has 15 nitrogen and oxygen atoms in total. The smallest absolute Gasteiger partial charge is 0.374 e. The van der Waals surface area contributed by atoms with Crippen molar-refractivity contribution in [2.24, 2.45) is 10.1 Å². The molecule has 3 aliphatic heterocycles. The molecule has 1 aromatic carbocycles. The number of nitrogens with zero attached hydrogens (tertiary/aromatic N) is 5. The maximum absolute atomic E-state index is 13.2. The van der Waals surface area contributed by atoms with Crippen molar-refractivity contribution in [3.05, 3.63) is 69.7 Å². The second-order valence-corrected chi connectivity index (χ2v) is 11.9. The van der Waals surface area contributed by atoms with E-state index in [9.17, 15) is 24.3 Å². The molecule has 43 heavy (non-hydrogen) atoms. The number of thiazole rings is 1. The van der Waals surface area contributed by atoms with E-state index in [1.807, 2.05) is 30.3 Å². The Morgan fingerprint density at radius 3 is 2.65 bits per heavy atom. The van der Waals surface area contributed by atoms with E-state index in [0.29, 0.717) is 10.5 Å². The number of hydrogen-bond acceptors (Lipinski definition) is 15. The number of amidine groups is 1. The normalized spacial score (nSPS) is 21.9. The summed E-state index contributed by atoms with van der Waals surface area (Å²) in [6.45, 7) is 4.05. The van der Waals surface area contributed by atoms with E-state index in [0.717, 1.165) is 45.5 Å². The standard InChI is InChI=1S/C25H24N8O7S3/c1-11-13(9-42-33-19(12-7-5-4-6-8-12)29-18(30-33)24(38)39-2)17(23(36)37)32-21(35)16(22(32)43-11)28-20(34)15(31-40-3)14-10-41-25(26)27-14/h4-8,10,16,19,22H,1,9H2,2-3H3,(H2,26,27)(H,28,34)(H,29,30)(H,36,37)/t16-,19?,22-/m1/s1. The first kappa shape index (κ1) is 30.1. The van der Waals surface area contributed by atoms with E-state index in [4.69, 9.17) is 15.3 Å². The lowest BCUT2D eigenvalue weighted by atomic mass is 10.0. The Morgan fingerprint density at radius 2 is 2.02 bits per heavy atom. The first-order valence-corrected chi connectivity index (χ1v) is 15.0. The quantitative estimate of drug-likeness (QED) is 0.0942. The van der Waals surface area contributed by atoms with Crippen molar-refractivity contribution in [2.75, 3.05) is 25.7 Å². The number of carbonyl (C=O) groups is 4. The van der Waals surface area contributed by atoms with Crippen molar-refractivity contribution in [3.63, 3.8) is 0 Å². The second kappa shape index (κ2) is 12.5. The summed E-state index contributed by atoms with van der Waals surface area (Å²) >= 11 is 3.40. The molecular weight excluding hydrogens is 621 g/mol. The van der Waals surface area contributed by atoms with E-state index < -0.39 is 41.3 Å². The summed E-state index contributed by atoms with van der Waals surface area (Å²) in [6.07, 6.45) is -0.618. The van der Waals surface area contributed by atoms with E-state index in [-0.39, 0.29) is 33.8 Å². The zero-order chi connectivity index (χ0) is 30.8. The summed E-state index contributed by atoms with van der Waals surface area (Å²) in [5.74, 6) is -3.30. The van der Waals surface area contributed by atoms with Gasteiger partial charge in [-0.2, -0.15) is 0 Å². The highest BCUT2D eigenvalue weighted by Gasteiger charge is 2.55. The Bertz CT molecular complexity index is 1590. The number of oxime groups is 1. The maximum atomic E-state index is 13.2. The number of rotatable bonds is 10. The summed E-state index contributed by atoms with van der Waals surface area (Å²) in [4.78, 5) is 65.7. The first-order valence-electron chi connectivity index (χ1n) is 12.3. The van der Waals surface area contributed by atoms with Gasteiger partial charge >= 0.3 is 11.9 Å². The van der Waals surface area contributed by atoms with E-state index in [2.05, 4.69) is 32.5 Å². The van der Waals surface area contributed by atoms with Crippen LogP contribution in [0.4, 0.5) is 5.13 Å². The van der Waals surface area contributed by atoms with Crippen LogP contribution in [0.5, 0.6) is 0 Å². The molecule has 2 amide bonds. The average molecular weight is 645 g/mol. The predicted octanol–water partition coefficient (Wildman–Crippen LogP) is 1.07. The van der Waals surface area contributed by atoms with Crippen LogP contribution in [0.3, 0.4) is 0 Å². The number of aromatic nitrogens is 1. The molecule has 2 aromatic rings. The molecule has 0 radical (unpaired) electrons. The van der Waals surface area contributed by atoms with Gasteiger partial charge in [-0.1, -0.05) is 65.8 Å². The number of hydrogen-bond donors (Lipinski definition) is 4. The number of hydrazine groups is 1. The lowest BCUT2D eigenvalue weighted by molar-refractivity contribution is -0.150. The number of carbonyl (C=O) groups excluding carboxylic acids is 3. The second-order valence-electron chi connectivity index (χ2n) is 8.88. The maximum Gasteiger partial charge on any atom is 0.374 e. The minimum Gasteiger partial charge on any atom is -0.477 e. The molecule has 0 bridgehead atoms. The van der Waals surface area contributed by atoms with Gasteiger partial charge < -0.3 is 25.7 Å². The van der Waals surface area contributed by atoms with Crippen LogP contribution in [0.25, 0.3) is 0 Å². The molecule has 3 atom stereocenters. The van der Waals surface area contributed by atoms with Crippen molar-refractivity contribution >= 4 is 75.5 Å². The molecule has 5 N–H and O–H groups in total. The number of aliphatic imine (C=N–C) groups is 1. The lowest BCUT2D eigenvalue weighted by Crippen LogP contribution is -2.71. The Hall–Kier alpha value is -4.39. The number of carboxylic acids is 1. The average Bonchev–Trinajstić information content (AvgIpc) is 3.63. The fourth-order valence-electron chi connectivity index (χ4n) is 4.37. The third-order valence-electron chi connectivity index (χ3n) is 6.33. The Kier molecular flexibility index (Phi) is 8.71. The largest absolute Gasteiger partial charge is 0.477 e. The van der Waals surface area contributed by atoms with Crippen molar-refractivity contribution in [1.82, 2.24) is 25.0 Å². The third kappa shape index (κ3) is 5.81. The number of ether oxygens (including phenoxy) is 1. The van der Waals surface area contributed by atoms with Crippen LogP contribution in [0.2, 0.25) is 0 Å². The van der Waals surface area contributed by atoms with Gasteiger partial charge in [-0.3, -0.25) is 19.9 Å². The summed E-state index contributed by atoms with van der Waals surface area (Å²) in [5.41, 5.74) is 9.38. The monoisotopic (exact) mass is 644 g/mol. The lowest BCUT2D eigenvalue weighted by Gasteiger charge is -2.49. The highest BCUT2D eigenvalue weighted by molar-refractivity contribution is 8.04. The summed E-state index contributed by atoms with van der Waals surface area (Å²) in [7, 11) is 2.50. The molecule has 1 unspecified atom stereocenters. The number of fused-ring (bicyclic) bond motifs is 1. The van der Waals surface area contributed by atoms with Crippen molar-refractivity contribution in [2.45, 2.75) is 17.6 Å². The highest BCUT2D eigenvalue weighted by Crippen LogP contribution is 2.47. The number of nitrogens with two attached hydrogens (primary N) is 1. The fourth-order valence-corrected chi connectivity index (χ4v) is 7.29. The number of esters is 1. The molecule has 4 heterocycles. The van der Waals surface area contributed by atoms with Crippen LogP contribution in [0.15, 0.2) is 68.6 Å². The SMILES string of the molecule is C=C1S[C@@H]2[C@H](NC(=O)C(=NOC)c3csc(N)n3)C(=O)N2C(C(=O)O)=C1CSN1NC(C(=O)OC)=NC1c1ccccc1. The number of aliphatic carboxylic acids is 1. The minimum absolute atomic E-state index is 0.0126. The first-order chi connectivity index (χ1) is 20.6. The Balaban J connectivity index is 1.34. The van der Waals surface area contributed by atoms with E-state index in [1.165, 1.54) is 19.6 Å². The number of thioether (sulfide) groups is 1. The fraction of sp³-hybridized carbons (Fsp3) is 0.240. The number of carboxylic acid groups (broad SMARTS) is 1. The van der Waals surface area contributed by atoms with Gasteiger partial charge in [-0.05, 0) is 5.56 Å². The van der Waals surface area contributed by atoms with Crippen LogP contribution in [0.1, 0.15) is 17.4 Å². The molecule has 224 valence electrons. The zero-order valence-corrected chi connectivity index (χ0v) is 25.0. The molecule has 1 fully saturated rings. The summed E-state index contributed by atoms with van der Waals surface area (Å²) < 4.78 is 6.39. The van der Waals surface area contributed by atoms with Crippen LogP contribution in [-0.2, 0) is 28.8 Å². The number of benzene rings is 1. The molecule has 1 saturated heterocycles. The van der Waals surface area contributed by atoms with Crippen molar-refractivity contribution in [3.8, 4) is 0 Å². The molecule has 0 saturated carbocycles. The van der Waals surface area contributed by atoms with Crippen molar-refractivity contribution in [1.29, 1.82) is 0 Å². The molecule has 0 aliphatic carbocycles. The van der Waals surface area contributed by atoms with Gasteiger partial charge in [-0.15, -0.1) is 15.8 Å². The van der Waals surface area contributed by atoms with Gasteiger partial charge in [0.05, 0.1) is 7.11 Å². The minimum atomic E-state index is -1.33. The van der Waals surface area contributed by atoms with Crippen molar-refractivity contribution < 1.29 is 33.9 Å². The zero-order valence-electron chi connectivity index (χ0n) is 22.5. The van der Waals surface area contributed by atoms with E-state index >= 15 is 0 Å². The Morgan fingerprint density at radius 1 is 1.28 bits per heavy atom. The number of nitrogen functional groups attached to an aromatic ring is 1. The molecule has 0 spiro atoms. The summed E-state index contributed by atoms with van der Waals surface area (Å²) in [6, 6.07) is 8.12. The van der Waals surface area contributed by atoms with Gasteiger partial charge in [0, 0.05) is 21.6 Å². The van der Waals surface area contributed by atoms with E-state index in [1.54, 1.807) is 4.41 Å². The predicted molar refractivity (Wildman–Crippen MR) is 160 cm³/mol. The third-order valence-corrected chi connectivity index (χ3v) is 9.25. The number of amides is 2. The number of allylic oxidation sites excluding steroid dienone is 1. The van der Waals surface area contributed by atoms with Gasteiger partial charge in [-0.25, -0.2) is 19.6 Å². The Labute approximate surface area is 257 Å². The van der Waals surface area contributed by atoms with Gasteiger partial charge in [0.25, 0.3) is 11.8 Å². The molecule has 3 aliphatic rings. The van der Waals surface area contributed by atoms with Crippen LogP contribution in [-0.4, -0.2) is 86.1 Å². The molecule has 1 aromatic heterocycles. The van der Waals surface area contributed by atoms with Gasteiger partial charge in [0.15, 0.2) is 17.0 Å². The molecular formula is C25H24N8O7S3.